The Kier molecular flexibility index (Phi) is 7.53. The van der Waals surface area contributed by atoms with E-state index in [0.717, 1.165) is 30.0 Å². The number of amides is 2. The van der Waals surface area contributed by atoms with E-state index in [2.05, 4.69) is 10.3 Å². The van der Waals surface area contributed by atoms with E-state index in [0.29, 0.717) is 31.5 Å². The van der Waals surface area contributed by atoms with Crippen LogP contribution in [0.1, 0.15) is 6.42 Å². The average molecular weight is 519 g/mol. The second-order valence-electron chi connectivity index (χ2n) is 6.91. The summed E-state index contributed by atoms with van der Waals surface area (Å²) in [5.41, 5.74) is -0.110. The molecule has 2 aliphatic heterocycles. The smallest absolute Gasteiger partial charge is 0.378 e. The predicted octanol–water partition coefficient (Wildman–Crippen LogP) is 4.23. The van der Waals surface area contributed by atoms with E-state index in [1.165, 1.54) is 6.07 Å². The molecule has 0 aliphatic carbocycles. The van der Waals surface area contributed by atoms with Crippen molar-refractivity contribution in [3.05, 3.63) is 24.3 Å². The molecule has 0 radical (unpaired) electrons. The highest BCUT2D eigenvalue weighted by molar-refractivity contribution is 8.15. The average Bonchev–Trinajstić information content (AvgIpc) is 3.08. The monoisotopic (exact) mass is 519 g/mol. The lowest BCUT2D eigenvalue weighted by atomic mass is 10.2. The largest absolute Gasteiger partial charge is 0.460 e. The summed E-state index contributed by atoms with van der Waals surface area (Å²) < 4.78 is 95.6. The van der Waals surface area contributed by atoms with Gasteiger partial charge in [-0.25, -0.2) is 0 Å². The summed E-state index contributed by atoms with van der Waals surface area (Å²) in [6.07, 6.45) is -6.75. The summed E-state index contributed by atoms with van der Waals surface area (Å²) >= 11 is 0.120. The zero-order valence-electron chi connectivity index (χ0n) is 16.5. The predicted molar refractivity (Wildman–Crippen MR) is 108 cm³/mol. The topological polar surface area (TPSA) is 71.0 Å². The van der Waals surface area contributed by atoms with Gasteiger partial charge in [0.25, 0.3) is 5.91 Å². The van der Waals surface area contributed by atoms with Crippen molar-refractivity contribution < 1.29 is 45.1 Å². The quantitative estimate of drug-likeness (QED) is 0.448. The van der Waals surface area contributed by atoms with E-state index in [1.807, 2.05) is 4.90 Å². The molecule has 2 amide bonds. The molecule has 1 atom stereocenters. The van der Waals surface area contributed by atoms with Crippen LogP contribution in [0, 0.1) is 0 Å². The highest BCUT2D eigenvalue weighted by atomic mass is 32.2. The molecule has 3 rings (SSSR count). The number of morpholine rings is 1. The van der Waals surface area contributed by atoms with Crippen molar-refractivity contribution >= 4 is 46.2 Å². The second kappa shape index (κ2) is 9.70. The van der Waals surface area contributed by atoms with Crippen molar-refractivity contribution in [1.29, 1.82) is 0 Å². The minimum absolute atomic E-state index is 0.110. The van der Waals surface area contributed by atoms with Crippen LogP contribution in [0.2, 0.25) is 0 Å². The Labute approximate surface area is 191 Å². The fourth-order valence-corrected chi connectivity index (χ4v) is 4.78. The number of amidine groups is 1. The van der Waals surface area contributed by atoms with Gasteiger partial charge in [-0.2, -0.15) is 35.7 Å². The minimum atomic E-state index is -6.44. The lowest BCUT2D eigenvalue weighted by molar-refractivity contribution is -0.330. The molecule has 1 fully saturated rings. The van der Waals surface area contributed by atoms with E-state index in [1.54, 1.807) is 0 Å². The number of hydrogen-bond donors (Lipinski definition) is 1. The van der Waals surface area contributed by atoms with Gasteiger partial charge in [-0.1, -0.05) is 17.8 Å². The lowest BCUT2D eigenvalue weighted by Gasteiger charge is -2.27. The number of alkyl halides is 7. The minimum Gasteiger partial charge on any atom is -0.378 e. The zero-order chi connectivity index (χ0) is 24.4. The van der Waals surface area contributed by atoms with Gasteiger partial charge in [-0.3, -0.25) is 9.59 Å². The highest BCUT2D eigenvalue weighted by Gasteiger charge is 2.73. The van der Waals surface area contributed by atoms with E-state index in [9.17, 15) is 40.3 Å². The summed E-state index contributed by atoms with van der Waals surface area (Å²) in [6.45, 7) is 2.03. The standard InChI is InChI=1S/C18H16F7N3O3S2/c19-16(20,17(21,22)23)18(24,25)33-11-3-1-2-10(8-11)26-13(29)9-12-14(30)27-15(32-12)28-4-6-31-7-5-28/h1-3,8,12H,4-7,9H2,(H,26,29)/t12-/m1/s1. The first-order chi connectivity index (χ1) is 15.3. The number of benzene rings is 1. The molecule has 33 heavy (non-hydrogen) atoms. The van der Waals surface area contributed by atoms with Crippen LogP contribution in [0.25, 0.3) is 0 Å². The molecule has 2 heterocycles. The Bertz CT molecular complexity index is 937. The molecular weight excluding hydrogens is 503 g/mol. The van der Waals surface area contributed by atoms with Gasteiger partial charge in [0, 0.05) is 30.1 Å². The van der Waals surface area contributed by atoms with Crippen LogP contribution in [0.5, 0.6) is 0 Å². The van der Waals surface area contributed by atoms with Crippen molar-refractivity contribution in [2.45, 2.75) is 33.9 Å². The fraction of sp³-hybridized carbons (Fsp3) is 0.500. The number of ether oxygens (including phenoxy) is 1. The number of carbonyl (C=O) groups is 2. The van der Waals surface area contributed by atoms with Gasteiger partial charge in [-0.05, 0) is 30.0 Å². The Morgan fingerprint density at radius 3 is 2.48 bits per heavy atom. The molecule has 0 unspecified atom stereocenters. The number of carbonyl (C=O) groups excluding carboxylic acids is 2. The van der Waals surface area contributed by atoms with Crippen LogP contribution < -0.4 is 5.32 Å². The SMILES string of the molecule is O=C(C[C@H]1SC(N2CCOCC2)=NC1=O)Nc1cccc(SC(F)(F)C(F)(F)C(F)(F)F)c1. The first-order valence-electron chi connectivity index (χ1n) is 9.33. The van der Waals surface area contributed by atoms with Gasteiger partial charge in [0.2, 0.25) is 5.91 Å². The number of anilines is 1. The maximum absolute atomic E-state index is 13.6. The molecule has 0 spiro atoms. The molecule has 0 saturated carbocycles. The summed E-state index contributed by atoms with van der Waals surface area (Å²) in [5.74, 6) is -7.47. The van der Waals surface area contributed by atoms with Gasteiger partial charge in [-0.15, -0.1) is 0 Å². The van der Waals surface area contributed by atoms with Gasteiger partial charge in [0.15, 0.2) is 5.17 Å². The number of nitrogens with zero attached hydrogens (tertiary/aromatic N) is 2. The maximum Gasteiger partial charge on any atom is 0.460 e. The Hall–Kier alpha value is -2.00. The van der Waals surface area contributed by atoms with Gasteiger partial charge in [0.05, 0.1) is 13.2 Å². The first-order valence-corrected chi connectivity index (χ1v) is 11.0. The van der Waals surface area contributed by atoms with Crippen molar-refractivity contribution in [2.24, 2.45) is 4.99 Å². The molecule has 182 valence electrons. The van der Waals surface area contributed by atoms with E-state index in [4.69, 9.17) is 4.74 Å². The van der Waals surface area contributed by atoms with E-state index in [-0.39, 0.29) is 12.1 Å². The number of aliphatic imine (C=N–C) groups is 1. The van der Waals surface area contributed by atoms with Crippen molar-refractivity contribution in [1.82, 2.24) is 4.90 Å². The van der Waals surface area contributed by atoms with Crippen LogP contribution >= 0.6 is 23.5 Å². The lowest BCUT2D eigenvalue weighted by Crippen LogP contribution is -2.49. The molecular formula is C18H16F7N3O3S2. The number of rotatable bonds is 6. The summed E-state index contributed by atoms with van der Waals surface area (Å²) in [4.78, 5) is 29.6. The highest BCUT2D eigenvalue weighted by Crippen LogP contribution is 2.53. The molecule has 1 saturated heterocycles. The zero-order valence-corrected chi connectivity index (χ0v) is 18.1. The van der Waals surface area contributed by atoms with Crippen molar-refractivity contribution in [3.63, 3.8) is 0 Å². The number of nitrogens with one attached hydrogen (secondary N) is 1. The van der Waals surface area contributed by atoms with Crippen molar-refractivity contribution in [2.75, 3.05) is 31.6 Å². The van der Waals surface area contributed by atoms with Crippen LogP contribution in [-0.2, 0) is 14.3 Å². The molecule has 1 aromatic rings. The molecule has 1 N–H and O–H groups in total. The number of thioether (sulfide) groups is 2. The van der Waals surface area contributed by atoms with Crippen LogP contribution in [0.4, 0.5) is 36.4 Å². The summed E-state index contributed by atoms with van der Waals surface area (Å²) in [6, 6.07) is 4.08. The Morgan fingerprint density at radius 2 is 1.85 bits per heavy atom. The fourth-order valence-electron chi connectivity index (χ4n) is 2.79. The molecule has 1 aromatic carbocycles. The molecule has 2 aliphatic rings. The third-order valence-corrected chi connectivity index (χ3v) is 6.68. The summed E-state index contributed by atoms with van der Waals surface area (Å²) in [5, 5.41) is -3.50. The van der Waals surface area contributed by atoms with E-state index >= 15 is 0 Å². The normalized spacial score (nSPS) is 20.1. The van der Waals surface area contributed by atoms with Gasteiger partial charge in [0.1, 0.15) is 5.25 Å². The third kappa shape index (κ3) is 5.93. The third-order valence-electron chi connectivity index (χ3n) is 4.47. The van der Waals surface area contributed by atoms with Crippen LogP contribution in [-0.4, -0.2) is 70.8 Å². The molecule has 0 bridgehead atoms. The Balaban J connectivity index is 1.59. The Morgan fingerprint density at radius 1 is 1.18 bits per heavy atom. The molecule has 0 aromatic heterocycles. The van der Waals surface area contributed by atoms with Crippen LogP contribution in [0.15, 0.2) is 34.2 Å². The first kappa shape index (κ1) is 25.6. The number of halogens is 7. The summed E-state index contributed by atoms with van der Waals surface area (Å²) in [7, 11) is 0. The molecule has 15 heteroatoms. The second-order valence-corrected chi connectivity index (χ2v) is 9.27. The van der Waals surface area contributed by atoms with Gasteiger partial charge < -0.3 is 15.0 Å². The number of hydrogen-bond acceptors (Lipinski definition) is 6. The van der Waals surface area contributed by atoms with E-state index < -0.39 is 51.1 Å². The maximum atomic E-state index is 13.6. The van der Waals surface area contributed by atoms with Crippen LogP contribution in [0.3, 0.4) is 0 Å². The van der Waals surface area contributed by atoms with Crippen molar-refractivity contribution in [3.8, 4) is 0 Å². The van der Waals surface area contributed by atoms with Gasteiger partial charge >= 0.3 is 17.4 Å². The molecule has 6 nitrogen and oxygen atoms in total.